The predicted octanol–water partition coefficient (Wildman–Crippen LogP) is 5.34. The van der Waals surface area contributed by atoms with E-state index in [0.717, 1.165) is 29.4 Å². The van der Waals surface area contributed by atoms with Gasteiger partial charge in [0.15, 0.2) is 0 Å². The standard InChI is InChI=1S/C19H19ClN4/c1-3-24(17-7-5-4-6-8-17)19-21-14(2)13-18(23-19)22-16-11-9-15(20)10-12-16/h4-13H,3H2,1-2H3,(H,21,22,23). The fourth-order valence-corrected chi connectivity index (χ4v) is 2.59. The fourth-order valence-electron chi connectivity index (χ4n) is 2.47. The van der Waals surface area contributed by atoms with E-state index in [9.17, 15) is 0 Å². The number of nitrogens with one attached hydrogen (secondary N) is 1. The number of aromatic nitrogens is 2. The molecule has 1 N–H and O–H groups in total. The van der Waals surface area contributed by atoms with Crippen LogP contribution >= 0.6 is 11.6 Å². The Morgan fingerprint density at radius 3 is 2.38 bits per heavy atom. The molecule has 0 amide bonds. The molecule has 4 nitrogen and oxygen atoms in total. The van der Waals surface area contributed by atoms with Crippen molar-refractivity contribution in [2.75, 3.05) is 16.8 Å². The Bertz CT molecular complexity index is 803. The fraction of sp³-hybridized carbons (Fsp3) is 0.158. The van der Waals surface area contributed by atoms with E-state index in [-0.39, 0.29) is 0 Å². The first-order valence-corrected chi connectivity index (χ1v) is 8.24. The molecule has 0 atom stereocenters. The first kappa shape index (κ1) is 16.3. The van der Waals surface area contributed by atoms with Gasteiger partial charge >= 0.3 is 0 Å². The number of para-hydroxylation sites is 1. The van der Waals surface area contributed by atoms with Gasteiger partial charge in [0, 0.05) is 34.7 Å². The second-order valence-electron chi connectivity index (χ2n) is 5.41. The number of rotatable bonds is 5. The maximum absolute atomic E-state index is 5.93. The molecule has 1 aromatic heterocycles. The van der Waals surface area contributed by atoms with E-state index in [1.54, 1.807) is 0 Å². The topological polar surface area (TPSA) is 41.1 Å². The van der Waals surface area contributed by atoms with Crippen molar-refractivity contribution in [1.82, 2.24) is 9.97 Å². The van der Waals surface area contributed by atoms with Gasteiger partial charge in [0.2, 0.25) is 5.95 Å². The molecule has 2 aromatic carbocycles. The molecule has 0 spiro atoms. The average molecular weight is 339 g/mol. The Morgan fingerprint density at radius 2 is 1.71 bits per heavy atom. The molecule has 3 aromatic rings. The third kappa shape index (κ3) is 3.84. The van der Waals surface area contributed by atoms with Crippen molar-refractivity contribution in [1.29, 1.82) is 0 Å². The van der Waals surface area contributed by atoms with Crippen molar-refractivity contribution in [2.45, 2.75) is 13.8 Å². The van der Waals surface area contributed by atoms with Crippen LogP contribution in [-0.2, 0) is 0 Å². The summed E-state index contributed by atoms with van der Waals surface area (Å²) < 4.78 is 0. The van der Waals surface area contributed by atoms with Crippen LogP contribution in [0.2, 0.25) is 5.02 Å². The molecule has 0 radical (unpaired) electrons. The molecular weight excluding hydrogens is 320 g/mol. The minimum Gasteiger partial charge on any atom is -0.340 e. The molecule has 5 heteroatoms. The zero-order chi connectivity index (χ0) is 16.9. The second-order valence-corrected chi connectivity index (χ2v) is 5.84. The lowest BCUT2D eigenvalue weighted by Gasteiger charge is -2.22. The first-order chi connectivity index (χ1) is 11.7. The molecule has 0 saturated heterocycles. The lowest BCUT2D eigenvalue weighted by molar-refractivity contribution is 0.936. The van der Waals surface area contributed by atoms with Gasteiger partial charge in [-0.25, -0.2) is 4.98 Å². The highest BCUT2D eigenvalue weighted by Crippen LogP contribution is 2.24. The Kier molecular flexibility index (Phi) is 4.96. The smallest absolute Gasteiger partial charge is 0.232 e. The number of anilines is 4. The summed E-state index contributed by atoms with van der Waals surface area (Å²) >= 11 is 5.93. The molecule has 0 aliphatic carbocycles. The summed E-state index contributed by atoms with van der Waals surface area (Å²) in [7, 11) is 0. The molecule has 0 saturated carbocycles. The largest absolute Gasteiger partial charge is 0.340 e. The number of benzene rings is 2. The van der Waals surface area contributed by atoms with Crippen LogP contribution in [0.3, 0.4) is 0 Å². The van der Waals surface area contributed by atoms with E-state index < -0.39 is 0 Å². The summed E-state index contributed by atoms with van der Waals surface area (Å²) in [6, 6.07) is 19.6. The Labute approximate surface area is 147 Å². The van der Waals surface area contributed by atoms with Crippen LogP contribution in [0.1, 0.15) is 12.6 Å². The van der Waals surface area contributed by atoms with Gasteiger partial charge in [0.25, 0.3) is 0 Å². The maximum atomic E-state index is 5.93. The maximum Gasteiger partial charge on any atom is 0.232 e. The molecule has 0 aliphatic heterocycles. The monoisotopic (exact) mass is 338 g/mol. The van der Waals surface area contributed by atoms with E-state index in [1.165, 1.54) is 0 Å². The van der Waals surface area contributed by atoms with E-state index >= 15 is 0 Å². The van der Waals surface area contributed by atoms with Gasteiger partial charge < -0.3 is 10.2 Å². The highest BCUT2D eigenvalue weighted by Gasteiger charge is 2.12. The van der Waals surface area contributed by atoms with Gasteiger partial charge in [-0.15, -0.1) is 0 Å². The Morgan fingerprint density at radius 1 is 1.00 bits per heavy atom. The number of hydrogen-bond acceptors (Lipinski definition) is 4. The molecule has 3 rings (SSSR count). The lowest BCUT2D eigenvalue weighted by atomic mass is 10.3. The predicted molar refractivity (Wildman–Crippen MR) is 101 cm³/mol. The zero-order valence-corrected chi connectivity index (χ0v) is 14.5. The van der Waals surface area contributed by atoms with Crippen molar-refractivity contribution in [3.63, 3.8) is 0 Å². The first-order valence-electron chi connectivity index (χ1n) is 7.86. The lowest BCUT2D eigenvalue weighted by Crippen LogP contribution is -2.19. The minimum absolute atomic E-state index is 0.681. The van der Waals surface area contributed by atoms with Gasteiger partial charge in [0.05, 0.1) is 0 Å². The number of halogens is 1. The Balaban J connectivity index is 1.92. The highest BCUT2D eigenvalue weighted by molar-refractivity contribution is 6.30. The van der Waals surface area contributed by atoms with Gasteiger partial charge in [-0.05, 0) is 50.2 Å². The summed E-state index contributed by atoms with van der Waals surface area (Å²) in [5.74, 6) is 1.44. The van der Waals surface area contributed by atoms with Crippen LogP contribution in [0.4, 0.5) is 23.1 Å². The van der Waals surface area contributed by atoms with Crippen molar-refractivity contribution in [2.24, 2.45) is 0 Å². The molecule has 1 heterocycles. The van der Waals surface area contributed by atoms with Crippen molar-refractivity contribution in [3.05, 3.63) is 71.4 Å². The van der Waals surface area contributed by atoms with Crippen LogP contribution in [0.5, 0.6) is 0 Å². The van der Waals surface area contributed by atoms with Crippen LogP contribution in [0, 0.1) is 6.92 Å². The van der Waals surface area contributed by atoms with Gasteiger partial charge in [-0.1, -0.05) is 29.8 Å². The summed E-state index contributed by atoms with van der Waals surface area (Å²) in [5, 5.41) is 4.02. The molecule has 0 aliphatic rings. The van der Waals surface area contributed by atoms with Crippen molar-refractivity contribution in [3.8, 4) is 0 Å². The van der Waals surface area contributed by atoms with Gasteiger partial charge in [-0.2, -0.15) is 4.98 Å². The van der Waals surface area contributed by atoms with Gasteiger partial charge in [0.1, 0.15) is 5.82 Å². The second kappa shape index (κ2) is 7.32. The summed E-state index contributed by atoms with van der Waals surface area (Å²) in [5.41, 5.74) is 2.92. The molecule has 0 fully saturated rings. The van der Waals surface area contributed by atoms with Crippen LogP contribution < -0.4 is 10.2 Å². The highest BCUT2D eigenvalue weighted by atomic mass is 35.5. The minimum atomic E-state index is 0.681. The number of hydrogen-bond donors (Lipinski definition) is 1. The van der Waals surface area contributed by atoms with E-state index in [4.69, 9.17) is 11.6 Å². The molecule has 122 valence electrons. The van der Waals surface area contributed by atoms with Crippen LogP contribution in [0.25, 0.3) is 0 Å². The molecular formula is C19H19ClN4. The summed E-state index contributed by atoms with van der Waals surface area (Å²) in [4.78, 5) is 11.3. The molecule has 0 bridgehead atoms. The summed E-state index contributed by atoms with van der Waals surface area (Å²) in [6.07, 6.45) is 0. The van der Waals surface area contributed by atoms with Crippen LogP contribution in [-0.4, -0.2) is 16.5 Å². The number of aryl methyl sites for hydroxylation is 1. The van der Waals surface area contributed by atoms with E-state index in [0.29, 0.717) is 11.0 Å². The normalized spacial score (nSPS) is 10.5. The molecule has 24 heavy (non-hydrogen) atoms. The summed E-state index contributed by atoms with van der Waals surface area (Å²) in [6.45, 7) is 4.84. The zero-order valence-electron chi connectivity index (χ0n) is 13.7. The van der Waals surface area contributed by atoms with Crippen LogP contribution in [0.15, 0.2) is 60.7 Å². The number of nitrogens with zero attached hydrogens (tertiary/aromatic N) is 3. The van der Waals surface area contributed by atoms with Gasteiger partial charge in [-0.3, -0.25) is 0 Å². The van der Waals surface area contributed by atoms with E-state index in [1.807, 2.05) is 55.5 Å². The average Bonchev–Trinajstić information content (AvgIpc) is 2.58. The Hall–Kier alpha value is -2.59. The SMILES string of the molecule is CCN(c1ccccc1)c1nc(C)cc(Nc2ccc(Cl)cc2)n1. The quantitative estimate of drug-likeness (QED) is 0.681. The third-order valence-electron chi connectivity index (χ3n) is 3.58. The van der Waals surface area contributed by atoms with Crippen molar-refractivity contribution < 1.29 is 0 Å². The third-order valence-corrected chi connectivity index (χ3v) is 3.84. The van der Waals surface area contributed by atoms with E-state index in [2.05, 4.69) is 39.2 Å². The van der Waals surface area contributed by atoms with Crippen molar-refractivity contribution >= 4 is 34.7 Å². The molecule has 0 unspecified atom stereocenters.